The fraction of sp³-hybridized carbons (Fsp3) is 0.480. The van der Waals surface area contributed by atoms with Gasteiger partial charge in [0.25, 0.3) is 5.69 Å². The van der Waals surface area contributed by atoms with Gasteiger partial charge in [-0.25, -0.2) is 0 Å². The van der Waals surface area contributed by atoms with Crippen LogP contribution in [0.15, 0.2) is 48.5 Å². The molecule has 1 heterocycles. The average Bonchev–Trinajstić information content (AvgIpc) is 3.15. The number of ether oxygens (including phenoxy) is 1. The second kappa shape index (κ2) is 10.6. The van der Waals surface area contributed by atoms with Gasteiger partial charge in [-0.2, -0.15) is 0 Å². The summed E-state index contributed by atoms with van der Waals surface area (Å²) in [6.45, 7) is 9.31. The third-order valence-electron chi connectivity index (χ3n) is 6.11. The molecule has 2 aromatic rings. The normalized spacial score (nSPS) is 18.7. The van der Waals surface area contributed by atoms with Crippen LogP contribution in [0.2, 0.25) is 0 Å². The Kier molecular flexibility index (Phi) is 7.85. The van der Waals surface area contributed by atoms with E-state index in [1.807, 2.05) is 29.2 Å². The molecule has 0 aliphatic carbocycles. The number of carbonyl (C=O) groups excluding carboxylic acids is 1. The lowest BCUT2D eigenvalue weighted by molar-refractivity contribution is -0.385. The van der Waals surface area contributed by atoms with E-state index in [-0.39, 0.29) is 28.4 Å². The van der Waals surface area contributed by atoms with Gasteiger partial charge in [-0.05, 0) is 29.5 Å². The summed E-state index contributed by atoms with van der Waals surface area (Å²) in [5.74, 6) is 1.72. The van der Waals surface area contributed by atoms with Crippen LogP contribution in [0.4, 0.5) is 5.69 Å². The molecule has 3 rings (SSSR count). The first-order valence-electron chi connectivity index (χ1n) is 11.1. The molecule has 2 aromatic carbocycles. The van der Waals surface area contributed by atoms with Crippen molar-refractivity contribution in [2.75, 3.05) is 33.3 Å². The number of para-hydroxylation sites is 1. The number of carbonyl (C=O) groups is 1. The molecule has 32 heavy (non-hydrogen) atoms. The summed E-state index contributed by atoms with van der Waals surface area (Å²) in [5.41, 5.74) is 2.04. The van der Waals surface area contributed by atoms with Crippen molar-refractivity contribution in [1.29, 1.82) is 0 Å². The maximum absolute atomic E-state index is 12.3. The van der Waals surface area contributed by atoms with E-state index in [4.69, 9.17) is 4.74 Å². The zero-order valence-electron chi connectivity index (χ0n) is 19.4. The van der Waals surface area contributed by atoms with Gasteiger partial charge in [0.2, 0.25) is 5.91 Å². The number of benzene rings is 2. The van der Waals surface area contributed by atoms with Crippen molar-refractivity contribution in [3.8, 4) is 5.75 Å². The van der Waals surface area contributed by atoms with E-state index in [0.29, 0.717) is 24.6 Å². The molecule has 1 fully saturated rings. The minimum absolute atomic E-state index is 0.0836. The summed E-state index contributed by atoms with van der Waals surface area (Å²) < 4.78 is 5.43. The molecule has 0 aromatic heterocycles. The Bertz CT molecular complexity index is 946. The second-order valence-electron chi connectivity index (χ2n) is 9.04. The van der Waals surface area contributed by atoms with E-state index in [9.17, 15) is 14.9 Å². The average molecular weight is 440 g/mol. The quantitative estimate of drug-likeness (QED) is 0.430. The van der Waals surface area contributed by atoms with E-state index in [0.717, 1.165) is 25.4 Å². The molecule has 7 heteroatoms. The number of hydrogen-bond donors (Lipinski definition) is 0. The Morgan fingerprint density at radius 3 is 2.62 bits per heavy atom. The van der Waals surface area contributed by atoms with Crippen LogP contribution in [0, 0.1) is 22.0 Å². The van der Waals surface area contributed by atoms with Crippen molar-refractivity contribution in [3.05, 3.63) is 69.8 Å². The van der Waals surface area contributed by atoms with E-state index in [1.54, 1.807) is 26.2 Å². The zero-order chi connectivity index (χ0) is 23.3. The van der Waals surface area contributed by atoms with Crippen LogP contribution in [0.25, 0.3) is 0 Å². The smallest absolute Gasteiger partial charge is 0.273 e. The van der Waals surface area contributed by atoms with Crippen molar-refractivity contribution in [2.45, 2.75) is 33.2 Å². The Morgan fingerprint density at radius 1 is 1.22 bits per heavy atom. The van der Waals surface area contributed by atoms with Gasteiger partial charge in [0.15, 0.2) is 0 Å². The van der Waals surface area contributed by atoms with Crippen LogP contribution >= 0.6 is 0 Å². The highest BCUT2D eigenvalue weighted by Gasteiger charge is 2.36. The third-order valence-corrected chi connectivity index (χ3v) is 6.11. The largest absolute Gasteiger partial charge is 0.497 e. The summed E-state index contributed by atoms with van der Waals surface area (Å²) in [6, 6.07) is 15.0. The predicted octanol–water partition coefficient (Wildman–Crippen LogP) is 4.32. The lowest BCUT2D eigenvalue weighted by atomic mass is 9.88. The van der Waals surface area contributed by atoms with Gasteiger partial charge in [-0.1, -0.05) is 44.2 Å². The molecule has 1 aliphatic heterocycles. The summed E-state index contributed by atoms with van der Waals surface area (Å²) in [5, 5.41) is 11.5. The van der Waals surface area contributed by atoms with Crippen molar-refractivity contribution >= 4 is 11.6 Å². The topological polar surface area (TPSA) is 75.9 Å². The van der Waals surface area contributed by atoms with Crippen LogP contribution < -0.4 is 4.74 Å². The molecule has 7 nitrogen and oxygen atoms in total. The Morgan fingerprint density at radius 2 is 1.97 bits per heavy atom. The second-order valence-corrected chi connectivity index (χ2v) is 9.04. The maximum Gasteiger partial charge on any atom is 0.273 e. The monoisotopic (exact) mass is 439 g/mol. The van der Waals surface area contributed by atoms with Gasteiger partial charge in [-0.3, -0.25) is 19.8 Å². The molecular weight excluding hydrogens is 406 g/mol. The fourth-order valence-corrected chi connectivity index (χ4v) is 4.64. The molecule has 1 amide bonds. The third kappa shape index (κ3) is 5.85. The molecule has 0 unspecified atom stereocenters. The van der Waals surface area contributed by atoms with Gasteiger partial charge in [0.1, 0.15) is 5.75 Å². The molecule has 0 saturated carbocycles. The number of nitro benzene ring substituents is 1. The minimum Gasteiger partial charge on any atom is -0.497 e. The number of nitrogens with zero attached hydrogens (tertiary/aromatic N) is 3. The lowest BCUT2D eigenvalue weighted by Gasteiger charge is -2.29. The number of methoxy groups -OCH3 is 1. The highest BCUT2D eigenvalue weighted by atomic mass is 16.6. The summed E-state index contributed by atoms with van der Waals surface area (Å²) in [4.78, 5) is 27.7. The first-order chi connectivity index (χ1) is 15.3. The first kappa shape index (κ1) is 23.7. The number of nitro groups is 1. The Balaban J connectivity index is 1.86. The molecule has 172 valence electrons. The molecule has 1 saturated heterocycles. The SMILES string of the molecule is COc1cccc([C@@H]2CN(Cc3ccccc3[N+](=O)[O-])C[C@@H]2CN(CC(C)C)C(C)=O)c1. The van der Waals surface area contributed by atoms with E-state index in [1.165, 1.54) is 5.56 Å². The molecule has 0 spiro atoms. The Labute approximate surface area is 190 Å². The van der Waals surface area contributed by atoms with Crippen LogP contribution in [-0.4, -0.2) is 53.9 Å². The van der Waals surface area contributed by atoms with Crippen LogP contribution in [0.1, 0.15) is 37.8 Å². The zero-order valence-corrected chi connectivity index (χ0v) is 19.4. The van der Waals surface area contributed by atoms with Crippen LogP contribution in [-0.2, 0) is 11.3 Å². The standard InChI is InChI=1S/C25H33N3O4/c1-18(2)13-27(19(3)29)16-22-15-26(14-21-8-5-6-11-25(21)28(30)31)17-24(22)20-9-7-10-23(12-20)32-4/h5-12,18,22,24H,13-17H2,1-4H3/t22-,24+/m1/s1. The summed E-state index contributed by atoms with van der Waals surface area (Å²) >= 11 is 0. The molecule has 0 bridgehead atoms. The van der Waals surface area contributed by atoms with Crippen molar-refractivity contribution in [1.82, 2.24) is 9.80 Å². The van der Waals surface area contributed by atoms with Gasteiger partial charge in [0.05, 0.1) is 12.0 Å². The number of rotatable bonds is 9. The van der Waals surface area contributed by atoms with Crippen molar-refractivity contribution in [3.63, 3.8) is 0 Å². The van der Waals surface area contributed by atoms with Crippen LogP contribution in [0.5, 0.6) is 5.75 Å². The van der Waals surface area contributed by atoms with Crippen LogP contribution in [0.3, 0.4) is 0 Å². The Hall–Kier alpha value is -2.93. The van der Waals surface area contributed by atoms with Gasteiger partial charge in [0, 0.05) is 57.2 Å². The molecule has 1 aliphatic rings. The number of amides is 1. The summed E-state index contributed by atoms with van der Waals surface area (Å²) in [6.07, 6.45) is 0. The highest BCUT2D eigenvalue weighted by Crippen LogP contribution is 2.36. The first-order valence-corrected chi connectivity index (χ1v) is 11.1. The van der Waals surface area contributed by atoms with Gasteiger partial charge >= 0.3 is 0 Å². The number of likely N-dealkylation sites (tertiary alicyclic amines) is 1. The predicted molar refractivity (Wildman–Crippen MR) is 125 cm³/mol. The summed E-state index contributed by atoms with van der Waals surface area (Å²) in [7, 11) is 1.66. The molecule has 2 atom stereocenters. The molecular formula is C25H33N3O4. The van der Waals surface area contributed by atoms with Gasteiger partial charge < -0.3 is 9.64 Å². The van der Waals surface area contributed by atoms with Gasteiger partial charge in [-0.15, -0.1) is 0 Å². The van der Waals surface area contributed by atoms with E-state index < -0.39 is 0 Å². The lowest BCUT2D eigenvalue weighted by Crippen LogP contribution is -2.38. The number of hydrogen-bond acceptors (Lipinski definition) is 5. The van der Waals surface area contributed by atoms with Crippen molar-refractivity contribution < 1.29 is 14.5 Å². The minimum atomic E-state index is -0.317. The van der Waals surface area contributed by atoms with E-state index >= 15 is 0 Å². The van der Waals surface area contributed by atoms with E-state index in [2.05, 4.69) is 30.9 Å². The van der Waals surface area contributed by atoms with Crippen molar-refractivity contribution in [2.24, 2.45) is 11.8 Å². The highest BCUT2D eigenvalue weighted by molar-refractivity contribution is 5.73. The molecule has 0 N–H and O–H groups in total. The maximum atomic E-state index is 12.3. The molecule has 0 radical (unpaired) electrons. The fourth-order valence-electron chi connectivity index (χ4n) is 4.64.